The molecule has 3 rings (SSSR count). The number of para-hydroxylation sites is 1. The summed E-state index contributed by atoms with van der Waals surface area (Å²) < 4.78 is 25.2. The van der Waals surface area contributed by atoms with Crippen LogP contribution in [0.5, 0.6) is 11.6 Å². The zero-order valence-corrected chi connectivity index (χ0v) is 14.9. The zero-order chi connectivity index (χ0) is 18.5. The average Bonchev–Trinajstić information content (AvgIpc) is 3.12. The molecule has 1 amide bonds. The van der Waals surface area contributed by atoms with Crippen LogP contribution in [0.25, 0.3) is 0 Å². The largest absolute Gasteiger partial charge is 0.496 e. The number of aromatic nitrogens is 2. The van der Waals surface area contributed by atoms with E-state index in [4.69, 9.17) is 9.47 Å². The molecule has 1 aromatic heterocycles. The number of methoxy groups -OCH3 is 1. The molecule has 0 unspecified atom stereocenters. The zero-order valence-electron chi connectivity index (χ0n) is 14.9. The molecule has 1 atom stereocenters. The van der Waals surface area contributed by atoms with Crippen molar-refractivity contribution in [2.45, 2.75) is 32.3 Å². The Morgan fingerprint density at radius 2 is 2.15 bits per heavy atom. The second-order valence-corrected chi connectivity index (χ2v) is 6.15. The van der Waals surface area contributed by atoms with Gasteiger partial charge in [-0.1, -0.05) is 25.1 Å². The van der Waals surface area contributed by atoms with Crippen LogP contribution in [0, 0.1) is 5.82 Å². The Labute approximate surface area is 152 Å². The molecule has 0 bridgehead atoms. The molecule has 1 aromatic carbocycles. The summed E-state index contributed by atoms with van der Waals surface area (Å²) in [7, 11) is 1.59. The Morgan fingerprint density at radius 3 is 2.92 bits per heavy atom. The van der Waals surface area contributed by atoms with E-state index in [0.717, 1.165) is 5.56 Å². The lowest BCUT2D eigenvalue weighted by Crippen LogP contribution is -2.32. The molecule has 138 valence electrons. The predicted molar refractivity (Wildman–Crippen MR) is 93.7 cm³/mol. The van der Waals surface area contributed by atoms with Crippen LogP contribution in [-0.2, 0) is 17.6 Å². The summed E-state index contributed by atoms with van der Waals surface area (Å²) in [6.45, 7) is 2.81. The van der Waals surface area contributed by atoms with Crippen LogP contribution >= 0.6 is 0 Å². The minimum absolute atomic E-state index is 0.00185. The van der Waals surface area contributed by atoms with E-state index in [1.54, 1.807) is 12.0 Å². The number of aryl methyl sites for hydroxylation is 1. The molecule has 1 aliphatic heterocycles. The van der Waals surface area contributed by atoms with Crippen LogP contribution in [0.4, 0.5) is 4.39 Å². The van der Waals surface area contributed by atoms with Gasteiger partial charge < -0.3 is 14.4 Å². The number of hydrogen-bond donors (Lipinski definition) is 0. The maximum absolute atomic E-state index is 14.2. The van der Waals surface area contributed by atoms with Gasteiger partial charge in [0.25, 0.3) is 5.88 Å². The summed E-state index contributed by atoms with van der Waals surface area (Å²) >= 11 is 0. The molecular formula is C19H22FN3O3. The fraction of sp³-hybridized carbons (Fsp3) is 0.421. The van der Waals surface area contributed by atoms with Gasteiger partial charge in [-0.15, -0.1) is 0 Å². The minimum Gasteiger partial charge on any atom is -0.496 e. The number of carbonyl (C=O) groups is 1. The van der Waals surface area contributed by atoms with Gasteiger partial charge >= 0.3 is 0 Å². The van der Waals surface area contributed by atoms with Crippen molar-refractivity contribution in [2.75, 3.05) is 20.2 Å². The van der Waals surface area contributed by atoms with E-state index < -0.39 is 5.82 Å². The number of halogens is 1. The van der Waals surface area contributed by atoms with Gasteiger partial charge in [0.15, 0.2) is 0 Å². The summed E-state index contributed by atoms with van der Waals surface area (Å²) in [6.07, 6.45) is 2.40. The molecule has 0 aliphatic carbocycles. The lowest BCUT2D eigenvalue weighted by Gasteiger charge is -2.18. The van der Waals surface area contributed by atoms with Crippen molar-refractivity contribution in [3.63, 3.8) is 0 Å². The maximum Gasteiger partial charge on any atom is 0.254 e. The fourth-order valence-corrected chi connectivity index (χ4v) is 3.05. The normalized spacial score (nSPS) is 16.6. The maximum atomic E-state index is 14.2. The van der Waals surface area contributed by atoms with Gasteiger partial charge in [0.2, 0.25) is 11.7 Å². The Bertz CT molecular complexity index is 784. The molecule has 0 saturated carbocycles. The highest BCUT2D eigenvalue weighted by Crippen LogP contribution is 2.23. The standard InChI is InChI=1S/C19H22FN3O3/c1-3-15-18(20)19(22-12-21-15)26-14-8-9-23(11-14)17(24)10-13-6-4-5-7-16(13)25-2/h4-7,12,14H,3,8-11H2,1-2H3/t14-/m1/s1. The first-order chi connectivity index (χ1) is 12.6. The van der Waals surface area contributed by atoms with E-state index in [1.165, 1.54) is 6.33 Å². The van der Waals surface area contributed by atoms with Crippen LogP contribution < -0.4 is 9.47 Å². The first-order valence-electron chi connectivity index (χ1n) is 8.68. The molecule has 0 spiro atoms. The molecule has 26 heavy (non-hydrogen) atoms. The molecule has 0 radical (unpaired) electrons. The molecular weight excluding hydrogens is 337 g/mol. The van der Waals surface area contributed by atoms with Crippen molar-refractivity contribution in [1.82, 2.24) is 14.9 Å². The topological polar surface area (TPSA) is 64.6 Å². The van der Waals surface area contributed by atoms with Gasteiger partial charge in [-0.2, -0.15) is 9.37 Å². The number of ether oxygens (including phenoxy) is 2. The van der Waals surface area contributed by atoms with E-state index in [1.807, 2.05) is 31.2 Å². The van der Waals surface area contributed by atoms with E-state index in [2.05, 4.69) is 9.97 Å². The molecule has 0 N–H and O–H groups in total. The van der Waals surface area contributed by atoms with Crippen LogP contribution in [0.3, 0.4) is 0 Å². The smallest absolute Gasteiger partial charge is 0.254 e. The first kappa shape index (κ1) is 18.1. The van der Waals surface area contributed by atoms with Crippen molar-refractivity contribution < 1.29 is 18.7 Å². The summed E-state index contributed by atoms with van der Waals surface area (Å²) in [5.41, 5.74) is 1.18. The summed E-state index contributed by atoms with van der Waals surface area (Å²) in [5, 5.41) is 0. The van der Waals surface area contributed by atoms with Crippen LogP contribution in [0.1, 0.15) is 24.6 Å². The molecule has 1 aliphatic rings. The van der Waals surface area contributed by atoms with Gasteiger partial charge in [-0.05, 0) is 12.5 Å². The lowest BCUT2D eigenvalue weighted by molar-refractivity contribution is -0.129. The van der Waals surface area contributed by atoms with Crippen molar-refractivity contribution >= 4 is 5.91 Å². The van der Waals surface area contributed by atoms with Gasteiger partial charge in [0.05, 0.1) is 25.8 Å². The van der Waals surface area contributed by atoms with Crippen molar-refractivity contribution in [1.29, 1.82) is 0 Å². The van der Waals surface area contributed by atoms with Crippen LogP contribution in [-0.4, -0.2) is 47.1 Å². The third-order valence-electron chi connectivity index (χ3n) is 4.47. The third-order valence-corrected chi connectivity index (χ3v) is 4.47. The van der Waals surface area contributed by atoms with Crippen molar-refractivity contribution in [3.8, 4) is 11.6 Å². The summed E-state index contributed by atoms with van der Waals surface area (Å²) in [6, 6.07) is 7.46. The fourth-order valence-electron chi connectivity index (χ4n) is 3.05. The van der Waals surface area contributed by atoms with Gasteiger partial charge in [-0.3, -0.25) is 4.79 Å². The number of likely N-dealkylation sites (tertiary alicyclic amines) is 1. The number of benzene rings is 1. The minimum atomic E-state index is -0.520. The monoisotopic (exact) mass is 359 g/mol. The highest BCUT2D eigenvalue weighted by Gasteiger charge is 2.29. The SMILES string of the molecule is CCc1ncnc(O[C@@H]2CCN(C(=O)Cc3ccccc3OC)C2)c1F. The Hall–Kier alpha value is -2.70. The number of amides is 1. The Kier molecular flexibility index (Phi) is 5.65. The van der Waals surface area contributed by atoms with Crippen LogP contribution in [0.15, 0.2) is 30.6 Å². The first-order valence-corrected chi connectivity index (χ1v) is 8.68. The molecule has 2 heterocycles. The quantitative estimate of drug-likeness (QED) is 0.792. The number of nitrogens with zero attached hydrogens (tertiary/aromatic N) is 3. The van der Waals surface area contributed by atoms with Gasteiger partial charge in [0, 0.05) is 18.5 Å². The van der Waals surface area contributed by atoms with Gasteiger partial charge in [-0.25, -0.2) is 4.98 Å². The number of rotatable bonds is 6. The highest BCUT2D eigenvalue weighted by atomic mass is 19.1. The molecule has 1 saturated heterocycles. The van der Waals surface area contributed by atoms with E-state index >= 15 is 0 Å². The predicted octanol–water partition coefficient (Wildman–Crippen LogP) is 2.41. The van der Waals surface area contributed by atoms with Crippen molar-refractivity contribution in [3.05, 3.63) is 47.7 Å². The summed E-state index contributed by atoms with van der Waals surface area (Å²) in [5.74, 6) is 0.135. The van der Waals surface area contributed by atoms with E-state index in [-0.39, 0.29) is 24.3 Å². The van der Waals surface area contributed by atoms with E-state index in [9.17, 15) is 9.18 Å². The molecule has 6 nitrogen and oxygen atoms in total. The Morgan fingerprint density at radius 1 is 1.35 bits per heavy atom. The second-order valence-electron chi connectivity index (χ2n) is 6.15. The number of carbonyl (C=O) groups excluding carboxylic acids is 1. The Balaban J connectivity index is 1.61. The highest BCUT2D eigenvalue weighted by molar-refractivity contribution is 5.79. The second kappa shape index (κ2) is 8.12. The molecule has 2 aromatic rings. The lowest BCUT2D eigenvalue weighted by atomic mass is 10.1. The van der Waals surface area contributed by atoms with Crippen LogP contribution in [0.2, 0.25) is 0 Å². The molecule has 1 fully saturated rings. The summed E-state index contributed by atoms with van der Waals surface area (Å²) in [4.78, 5) is 22.1. The molecule has 7 heteroatoms. The number of hydrogen-bond acceptors (Lipinski definition) is 5. The average molecular weight is 359 g/mol. The third kappa shape index (κ3) is 3.92. The van der Waals surface area contributed by atoms with E-state index in [0.29, 0.717) is 37.4 Å². The van der Waals surface area contributed by atoms with Gasteiger partial charge in [0.1, 0.15) is 18.2 Å². The van der Waals surface area contributed by atoms with Crippen molar-refractivity contribution in [2.24, 2.45) is 0 Å².